The van der Waals surface area contributed by atoms with Crippen LogP contribution >= 0.6 is 0 Å². The van der Waals surface area contributed by atoms with Gasteiger partial charge < -0.3 is 26.2 Å². The molecule has 0 aliphatic carbocycles. The molecule has 0 spiro atoms. The highest BCUT2D eigenvalue weighted by Crippen LogP contribution is 2.26. The Labute approximate surface area is 111 Å². The molecule has 8 heteroatoms. The highest BCUT2D eigenvalue weighted by atomic mass is 16.5. The van der Waals surface area contributed by atoms with Gasteiger partial charge in [-0.25, -0.2) is 0 Å². The lowest BCUT2D eigenvalue weighted by Gasteiger charge is -2.12. The topological polar surface area (TPSA) is 122 Å². The summed E-state index contributed by atoms with van der Waals surface area (Å²) in [6.45, 7) is 3.03. The molecule has 0 radical (unpaired) electrons. The Morgan fingerprint density at radius 3 is 2.84 bits per heavy atom. The number of nitrogens with zero attached hydrogens (tertiary/aromatic N) is 2. The monoisotopic (exact) mass is 269 g/mol. The summed E-state index contributed by atoms with van der Waals surface area (Å²) < 4.78 is 5.34. The van der Waals surface area contributed by atoms with Crippen LogP contribution in [0.1, 0.15) is 19.8 Å². The Bertz CT molecular complexity index is 414. The number of aromatic nitrogens is 2. The molecule has 0 aliphatic rings. The standard InChI is InChI=1S/C11H19N5O3/c1-2-13-10-8(14-7-18)9(12)15-11(16-10)19-6-4-3-5-17/h7,17H,2-6H2,1H3,(H,14,18)(H3,12,13,15,16). The third-order valence-electron chi connectivity index (χ3n) is 2.25. The Balaban J connectivity index is 2.80. The van der Waals surface area contributed by atoms with Gasteiger partial charge in [-0.1, -0.05) is 0 Å². The molecule has 1 amide bonds. The summed E-state index contributed by atoms with van der Waals surface area (Å²) in [6, 6.07) is 0.142. The van der Waals surface area contributed by atoms with E-state index in [1.54, 1.807) is 0 Å². The van der Waals surface area contributed by atoms with E-state index in [1.165, 1.54) is 0 Å². The Hall–Kier alpha value is -2.09. The van der Waals surface area contributed by atoms with Gasteiger partial charge in [0.05, 0.1) is 6.61 Å². The maximum absolute atomic E-state index is 10.5. The number of nitrogen functional groups attached to an aromatic ring is 1. The third-order valence-corrected chi connectivity index (χ3v) is 2.25. The van der Waals surface area contributed by atoms with Crippen LogP contribution in [0.25, 0.3) is 0 Å². The van der Waals surface area contributed by atoms with Gasteiger partial charge in [0.2, 0.25) is 6.41 Å². The number of carbonyl (C=O) groups excluding carboxylic acids is 1. The number of unbranched alkanes of at least 4 members (excludes halogenated alkanes) is 1. The molecule has 0 atom stereocenters. The minimum Gasteiger partial charge on any atom is -0.463 e. The van der Waals surface area contributed by atoms with Crippen LogP contribution in [-0.2, 0) is 4.79 Å². The first kappa shape index (κ1) is 15.0. The van der Waals surface area contributed by atoms with Crippen molar-refractivity contribution >= 4 is 23.7 Å². The SMILES string of the molecule is CCNc1nc(OCCCCO)nc(N)c1NC=O. The molecule has 0 saturated heterocycles. The summed E-state index contributed by atoms with van der Waals surface area (Å²) in [5, 5.41) is 14.1. The zero-order valence-electron chi connectivity index (χ0n) is 10.8. The number of aliphatic hydroxyl groups is 1. The first-order valence-electron chi connectivity index (χ1n) is 6.08. The third kappa shape index (κ3) is 4.59. The molecule has 1 rings (SSSR count). The fraction of sp³-hybridized carbons (Fsp3) is 0.545. The quantitative estimate of drug-likeness (QED) is 0.373. The van der Waals surface area contributed by atoms with E-state index >= 15 is 0 Å². The fourth-order valence-corrected chi connectivity index (χ4v) is 1.40. The van der Waals surface area contributed by atoms with Crippen molar-refractivity contribution in [2.24, 2.45) is 0 Å². The summed E-state index contributed by atoms with van der Waals surface area (Å²) in [4.78, 5) is 18.6. The van der Waals surface area contributed by atoms with Gasteiger partial charge >= 0.3 is 6.01 Å². The molecule has 0 fully saturated rings. The molecule has 0 saturated carbocycles. The Morgan fingerprint density at radius 1 is 1.42 bits per heavy atom. The van der Waals surface area contributed by atoms with E-state index in [1.807, 2.05) is 6.92 Å². The number of nitrogens with two attached hydrogens (primary N) is 1. The maximum atomic E-state index is 10.5. The number of amides is 1. The van der Waals surface area contributed by atoms with Crippen molar-refractivity contribution in [3.05, 3.63) is 0 Å². The van der Waals surface area contributed by atoms with Gasteiger partial charge in [-0.3, -0.25) is 4.79 Å². The second kappa shape index (κ2) is 8.09. The first-order chi connectivity index (χ1) is 9.22. The van der Waals surface area contributed by atoms with Gasteiger partial charge in [-0.15, -0.1) is 0 Å². The van der Waals surface area contributed by atoms with Crippen molar-refractivity contribution in [1.82, 2.24) is 9.97 Å². The molecular weight excluding hydrogens is 250 g/mol. The van der Waals surface area contributed by atoms with Crippen LogP contribution in [0.15, 0.2) is 0 Å². The van der Waals surface area contributed by atoms with Crippen molar-refractivity contribution in [3.63, 3.8) is 0 Å². The van der Waals surface area contributed by atoms with Crippen LogP contribution in [0.5, 0.6) is 6.01 Å². The van der Waals surface area contributed by atoms with E-state index in [0.29, 0.717) is 43.9 Å². The van der Waals surface area contributed by atoms with Crippen molar-refractivity contribution in [3.8, 4) is 6.01 Å². The van der Waals surface area contributed by atoms with Crippen LogP contribution in [0.4, 0.5) is 17.3 Å². The van der Waals surface area contributed by atoms with Gasteiger partial charge in [-0.05, 0) is 19.8 Å². The lowest BCUT2D eigenvalue weighted by Crippen LogP contribution is -2.12. The Kier molecular flexibility index (Phi) is 6.37. The minimum absolute atomic E-state index is 0.122. The molecule has 1 heterocycles. The second-order valence-corrected chi connectivity index (χ2v) is 3.69. The van der Waals surface area contributed by atoms with E-state index in [0.717, 1.165) is 0 Å². The van der Waals surface area contributed by atoms with E-state index in [9.17, 15) is 4.79 Å². The number of hydrogen-bond acceptors (Lipinski definition) is 7. The molecule has 106 valence electrons. The minimum atomic E-state index is 0.122. The average molecular weight is 269 g/mol. The average Bonchev–Trinajstić information content (AvgIpc) is 2.39. The van der Waals surface area contributed by atoms with E-state index < -0.39 is 0 Å². The number of anilines is 3. The van der Waals surface area contributed by atoms with Crippen LogP contribution in [0.3, 0.4) is 0 Å². The summed E-state index contributed by atoms with van der Waals surface area (Å²) in [5.74, 6) is 0.550. The largest absolute Gasteiger partial charge is 0.463 e. The molecule has 0 aromatic carbocycles. The number of hydrogen-bond donors (Lipinski definition) is 4. The smallest absolute Gasteiger partial charge is 0.320 e. The van der Waals surface area contributed by atoms with Gasteiger partial charge in [0.1, 0.15) is 5.69 Å². The number of nitrogens with one attached hydrogen (secondary N) is 2. The van der Waals surface area contributed by atoms with Gasteiger partial charge in [-0.2, -0.15) is 9.97 Å². The van der Waals surface area contributed by atoms with Gasteiger partial charge in [0.15, 0.2) is 11.6 Å². The lowest BCUT2D eigenvalue weighted by atomic mass is 10.3. The lowest BCUT2D eigenvalue weighted by molar-refractivity contribution is -0.105. The maximum Gasteiger partial charge on any atom is 0.320 e. The zero-order chi connectivity index (χ0) is 14.1. The Morgan fingerprint density at radius 2 is 2.21 bits per heavy atom. The fourth-order valence-electron chi connectivity index (χ4n) is 1.40. The zero-order valence-corrected chi connectivity index (χ0v) is 10.8. The molecule has 0 unspecified atom stereocenters. The number of ether oxygens (including phenoxy) is 1. The van der Waals surface area contributed by atoms with Crippen molar-refractivity contribution in [2.75, 3.05) is 36.1 Å². The van der Waals surface area contributed by atoms with E-state index in [2.05, 4.69) is 20.6 Å². The highest BCUT2D eigenvalue weighted by Gasteiger charge is 2.12. The molecular formula is C11H19N5O3. The molecule has 0 aliphatic heterocycles. The van der Waals surface area contributed by atoms with Crippen LogP contribution in [0, 0.1) is 0 Å². The molecule has 1 aromatic heterocycles. The normalized spacial score (nSPS) is 10.0. The van der Waals surface area contributed by atoms with E-state index in [-0.39, 0.29) is 18.4 Å². The number of carbonyl (C=O) groups is 1. The molecule has 19 heavy (non-hydrogen) atoms. The van der Waals surface area contributed by atoms with Crippen molar-refractivity contribution in [1.29, 1.82) is 0 Å². The first-order valence-corrected chi connectivity index (χ1v) is 6.08. The predicted octanol–water partition coefficient (Wildman–Crippen LogP) is 0.210. The van der Waals surface area contributed by atoms with Crippen molar-refractivity contribution < 1.29 is 14.6 Å². The van der Waals surface area contributed by atoms with Crippen LogP contribution < -0.4 is 21.1 Å². The number of aliphatic hydroxyl groups excluding tert-OH is 1. The van der Waals surface area contributed by atoms with Gasteiger partial charge in [0.25, 0.3) is 0 Å². The van der Waals surface area contributed by atoms with Crippen LogP contribution in [0.2, 0.25) is 0 Å². The molecule has 0 bridgehead atoms. The summed E-state index contributed by atoms with van der Waals surface area (Å²) >= 11 is 0. The predicted molar refractivity (Wildman–Crippen MR) is 72.1 cm³/mol. The van der Waals surface area contributed by atoms with Crippen molar-refractivity contribution in [2.45, 2.75) is 19.8 Å². The molecule has 8 nitrogen and oxygen atoms in total. The van der Waals surface area contributed by atoms with E-state index in [4.69, 9.17) is 15.6 Å². The van der Waals surface area contributed by atoms with Gasteiger partial charge in [0, 0.05) is 13.2 Å². The summed E-state index contributed by atoms with van der Waals surface area (Å²) in [7, 11) is 0. The summed E-state index contributed by atoms with van der Waals surface area (Å²) in [5.41, 5.74) is 6.07. The number of rotatable bonds is 9. The highest BCUT2D eigenvalue weighted by molar-refractivity contribution is 5.85. The van der Waals surface area contributed by atoms with Crippen LogP contribution in [-0.4, -0.2) is 41.2 Å². The molecule has 1 aromatic rings. The summed E-state index contributed by atoms with van der Waals surface area (Å²) in [6.07, 6.45) is 1.86. The molecule has 5 N–H and O–H groups in total. The second-order valence-electron chi connectivity index (χ2n) is 3.69.